The Hall–Kier alpha value is -0.560. The number of aliphatic hydroxyl groups is 1. The molecule has 3 unspecified atom stereocenters. The summed E-state index contributed by atoms with van der Waals surface area (Å²) in [4.78, 5) is 0. The highest BCUT2D eigenvalue weighted by Crippen LogP contribution is 2.56. The average molecular weight is 262 g/mol. The van der Waals surface area contributed by atoms with Gasteiger partial charge in [-0.1, -0.05) is 64.8 Å². The van der Waals surface area contributed by atoms with Gasteiger partial charge in [-0.2, -0.15) is 0 Å². The lowest BCUT2D eigenvalue weighted by Gasteiger charge is -2.51. The largest absolute Gasteiger partial charge is 0.393 e. The van der Waals surface area contributed by atoms with Crippen LogP contribution in [0.3, 0.4) is 0 Å². The van der Waals surface area contributed by atoms with E-state index in [0.717, 1.165) is 19.3 Å². The molecule has 0 spiro atoms. The second-order valence-corrected chi connectivity index (χ2v) is 8.10. The highest BCUT2D eigenvalue weighted by Gasteiger charge is 2.47. The summed E-state index contributed by atoms with van der Waals surface area (Å²) in [6.07, 6.45) is 7.47. The van der Waals surface area contributed by atoms with Crippen LogP contribution in [0.2, 0.25) is 0 Å². The Morgan fingerprint density at radius 1 is 1.26 bits per heavy atom. The van der Waals surface area contributed by atoms with Crippen LogP contribution in [-0.2, 0) is 0 Å². The third-order valence-corrected chi connectivity index (χ3v) is 5.20. The van der Waals surface area contributed by atoms with E-state index in [9.17, 15) is 5.11 Å². The van der Waals surface area contributed by atoms with Crippen molar-refractivity contribution in [3.05, 3.63) is 23.3 Å². The van der Waals surface area contributed by atoms with Crippen molar-refractivity contribution in [3.63, 3.8) is 0 Å². The van der Waals surface area contributed by atoms with Gasteiger partial charge in [0, 0.05) is 0 Å². The van der Waals surface area contributed by atoms with Crippen molar-refractivity contribution < 1.29 is 5.11 Å². The van der Waals surface area contributed by atoms with Gasteiger partial charge >= 0.3 is 0 Å². The van der Waals surface area contributed by atoms with Gasteiger partial charge in [0.25, 0.3) is 0 Å². The lowest BCUT2D eigenvalue weighted by molar-refractivity contribution is 0.0711. The molecule has 1 saturated carbocycles. The predicted octanol–water partition coefficient (Wildman–Crippen LogP) is 4.72. The zero-order chi connectivity index (χ0) is 14.4. The molecule has 108 valence electrons. The summed E-state index contributed by atoms with van der Waals surface area (Å²) in [5, 5.41) is 9.95. The summed E-state index contributed by atoms with van der Waals surface area (Å²) in [5.74, 6) is 1.26. The highest BCUT2D eigenvalue weighted by atomic mass is 16.3. The Kier molecular flexibility index (Phi) is 3.72. The first-order chi connectivity index (χ1) is 8.66. The molecule has 0 bridgehead atoms. The van der Waals surface area contributed by atoms with Crippen LogP contribution in [0.1, 0.15) is 60.8 Å². The van der Waals surface area contributed by atoms with Crippen molar-refractivity contribution in [2.45, 2.75) is 66.9 Å². The Labute approximate surface area is 118 Å². The molecule has 2 rings (SSSR count). The van der Waals surface area contributed by atoms with Gasteiger partial charge < -0.3 is 5.11 Å². The van der Waals surface area contributed by atoms with E-state index in [1.165, 1.54) is 5.57 Å². The molecule has 19 heavy (non-hydrogen) atoms. The molecule has 0 saturated heterocycles. The minimum atomic E-state index is -0.128. The van der Waals surface area contributed by atoms with Crippen LogP contribution in [-0.4, -0.2) is 11.2 Å². The third-order valence-electron chi connectivity index (χ3n) is 5.20. The van der Waals surface area contributed by atoms with E-state index in [4.69, 9.17) is 0 Å². The van der Waals surface area contributed by atoms with E-state index in [-0.39, 0.29) is 16.9 Å². The molecule has 0 aromatic rings. The Morgan fingerprint density at radius 3 is 2.42 bits per heavy atom. The lowest BCUT2D eigenvalue weighted by Crippen LogP contribution is -2.43. The Balaban J connectivity index is 2.48. The Morgan fingerprint density at radius 2 is 1.89 bits per heavy atom. The summed E-state index contributed by atoms with van der Waals surface area (Å²) >= 11 is 0. The molecule has 2 aliphatic carbocycles. The van der Waals surface area contributed by atoms with Crippen LogP contribution in [0.25, 0.3) is 0 Å². The van der Waals surface area contributed by atoms with Crippen molar-refractivity contribution in [3.8, 4) is 0 Å². The Bertz CT molecular complexity index is 408. The molecule has 0 aliphatic heterocycles. The highest BCUT2D eigenvalue weighted by molar-refractivity contribution is 5.37. The van der Waals surface area contributed by atoms with Gasteiger partial charge in [-0.25, -0.2) is 0 Å². The SMILES string of the molecule is CC(C)C1C(C(C)(C)C)=CC=C2CC(O)CCC21C. The van der Waals surface area contributed by atoms with Gasteiger partial charge in [-0.3, -0.25) is 0 Å². The number of allylic oxidation sites excluding steroid dienone is 3. The fourth-order valence-corrected chi connectivity index (χ4v) is 4.28. The zero-order valence-electron chi connectivity index (χ0n) is 13.5. The van der Waals surface area contributed by atoms with Crippen LogP contribution in [0.5, 0.6) is 0 Å². The number of aliphatic hydroxyl groups excluding tert-OH is 1. The molecular weight excluding hydrogens is 232 g/mol. The minimum Gasteiger partial charge on any atom is -0.393 e. The van der Waals surface area contributed by atoms with E-state index >= 15 is 0 Å². The standard InChI is InChI=1S/C18H30O/c1-12(2)16-15(17(3,4)5)8-7-13-11-14(19)9-10-18(13,16)6/h7-8,12,14,16,19H,9-11H2,1-6H3. The van der Waals surface area contributed by atoms with Gasteiger partial charge in [0.2, 0.25) is 0 Å². The van der Waals surface area contributed by atoms with E-state index in [2.05, 4.69) is 53.7 Å². The molecule has 1 fully saturated rings. The van der Waals surface area contributed by atoms with E-state index < -0.39 is 0 Å². The second kappa shape index (κ2) is 4.77. The van der Waals surface area contributed by atoms with E-state index in [1.807, 2.05) is 0 Å². The molecule has 0 aromatic carbocycles. The summed E-state index contributed by atoms with van der Waals surface area (Å²) < 4.78 is 0. The van der Waals surface area contributed by atoms with Gasteiger partial charge in [-0.05, 0) is 41.9 Å². The maximum Gasteiger partial charge on any atom is 0.0578 e. The second-order valence-electron chi connectivity index (χ2n) is 8.10. The van der Waals surface area contributed by atoms with Crippen LogP contribution in [0.4, 0.5) is 0 Å². The number of fused-ring (bicyclic) bond motifs is 1. The van der Waals surface area contributed by atoms with Crippen molar-refractivity contribution >= 4 is 0 Å². The summed E-state index contributed by atoms with van der Waals surface area (Å²) in [5.41, 5.74) is 3.55. The van der Waals surface area contributed by atoms with Gasteiger partial charge in [0.1, 0.15) is 0 Å². The first-order valence-corrected chi connectivity index (χ1v) is 7.76. The molecule has 1 nitrogen and oxygen atoms in total. The molecule has 0 radical (unpaired) electrons. The maximum atomic E-state index is 9.95. The molecule has 1 heteroatoms. The minimum absolute atomic E-state index is 0.128. The smallest absolute Gasteiger partial charge is 0.0578 e. The van der Waals surface area contributed by atoms with E-state index in [1.54, 1.807) is 5.57 Å². The van der Waals surface area contributed by atoms with E-state index in [0.29, 0.717) is 11.8 Å². The first kappa shape index (κ1) is 14.8. The predicted molar refractivity (Wildman–Crippen MR) is 81.9 cm³/mol. The monoisotopic (exact) mass is 262 g/mol. The van der Waals surface area contributed by atoms with Gasteiger partial charge in [-0.15, -0.1) is 0 Å². The summed E-state index contributed by atoms with van der Waals surface area (Å²) in [6, 6.07) is 0. The molecule has 0 heterocycles. The van der Waals surface area contributed by atoms with Crippen molar-refractivity contribution in [1.82, 2.24) is 0 Å². The third kappa shape index (κ3) is 2.54. The summed E-state index contributed by atoms with van der Waals surface area (Å²) in [7, 11) is 0. The number of hydrogen-bond acceptors (Lipinski definition) is 1. The number of hydrogen-bond donors (Lipinski definition) is 1. The topological polar surface area (TPSA) is 20.2 Å². The fraction of sp³-hybridized carbons (Fsp3) is 0.778. The van der Waals surface area contributed by atoms with Gasteiger partial charge in [0.05, 0.1) is 6.10 Å². The zero-order valence-corrected chi connectivity index (χ0v) is 13.5. The number of rotatable bonds is 1. The molecule has 0 amide bonds. The van der Waals surface area contributed by atoms with Crippen LogP contribution < -0.4 is 0 Å². The van der Waals surface area contributed by atoms with Crippen molar-refractivity contribution in [2.75, 3.05) is 0 Å². The van der Waals surface area contributed by atoms with Crippen LogP contribution >= 0.6 is 0 Å². The maximum absolute atomic E-state index is 9.95. The fourth-order valence-electron chi connectivity index (χ4n) is 4.28. The average Bonchev–Trinajstić information content (AvgIpc) is 2.26. The van der Waals surface area contributed by atoms with Crippen LogP contribution in [0, 0.1) is 22.7 Å². The van der Waals surface area contributed by atoms with Crippen molar-refractivity contribution in [1.29, 1.82) is 0 Å². The van der Waals surface area contributed by atoms with Gasteiger partial charge in [0.15, 0.2) is 0 Å². The normalized spacial score (nSPS) is 35.8. The molecule has 1 N–H and O–H groups in total. The lowest BCUT2D eigenvalue weighted by atomic mass is 9.54. The van der Waals surface area contributed by atoms with Crippen molar-refractivity contribution in [2.24, 2.45) is 22.7 Å². The molecule has 3 atom stereocenters. The summed E-state index contributed by atoms with van der Waals surface area (Å²) in [6.45, 7) is 14.1. The van der Waals surface area contributed by atoms with Crippen LogP contribution in [0.15, 0.2) is 23.3 Å². The first-order valence-electron chi connectivity index (χ1n) is 7.76. The molecule has 0 aromatic heterocycles. The molecule has 2 aliphatic rings. The molecular formula is C18H30O. The quantitative estimate of drug-likeness (QED) is 0.725.